The molecule has 3 heterocycles. The predicted molar refractivity (Wildman–Crippen MR) is 77.3 cm³/mol. The summed E-state index contributed by atoms with van der Waals surface area (Å²) in [6.07, 6.45) is 7.29. The van der Waals surface area contributed by atoms with Gasteiger partial charge in [0.05, 0.1) is 6.54 Å². The van der Waals surface area contributed by atoms with Crippen molar-refractivity contribution in [3.63, 3.8) is 0 Å². The van der Waals surface area contributed by atoms with Crippen molar-refractivity contribution in [2.75, 3.05) is 19.6 Å². The molecular formula is C15H26N4O. The van der Waals surface area contributed by atoms with Crippen LogP contribution in [0.3, 0.4) is 0 Å². The number of hydrogen-bond donors (Lipinski definition) is 1. The van der Waals surface area contributed by atoms with Gasteiger partial charge >= 0.3 is 0 Å². The monoisotopic (exact) mass is 278 g/mol. The summed E-state index contributed by atoms with van der Waals surface area (Å²) in [7, 11) is 0. The van der Waals surface area contributed by atoms with E-state index in [1.165, 1.54) is 45.3 Å². The number of aromatic nitrogens is 2. The van der Waals surface area contributed by atoms with Gasteiger partial charge in [0.25, 0.3) is 0 Å². The van der Waals surface area contributed by atoms with Gasteiger partial charge in [0.15, 0.2) is 5.82 Å². The Morgan fingerprint density at radius 3 is 3.10 bits per heavy atom. The summed E-state index contributed by atoms with van der Waals surface area (Å²) in [6, 6.07) is 0.735. The average molecular weight is 278 g/mol. The third-order valence-corrected chi connectivity index (χ3v) is 4.55. The van der Waals surface area contributed by atoms with E-state index in [4.69, 9.17) is 4.52 Å². The second-order valence-corrected chi connectivity index (χ2v) is 6.19. The number of nitrogens with zero attached hydrogens (tertiary/aromatic N) is 3. The molecule has 5 heteroatoms. The fourth-order valence-corrected chi connectivity index (χ4v) is 3.55. The van der Waals surface area contributed by atoms with Gasteiger partial charge in [0.1, 0.15) is 0 Å². The molecule has 0 saturated carbocycles. The van der Waals surface area contributed by atoms with Gasteiger partial charge in [0, 0.05) is 19.0 Å². The first-order valence-corrected chi connectivity index (χ1v) is 8.12. The molecule has 112 valence electrons. The summed E-state index contributed by atoms with van der Waals surface area (Å²) in [4.78, 5) is 6.98. The number of rotatable bonds is 5. The highest BCUT2D eigenvalue weighted by Gasteiger charge is 2.29. The lowest BCUT2D eigenvalue weighted by molar-refractivity contribution is 0.141. The Labute approximate surface area is 121 Å². The van der Waals surface area contributed by atoms with Gasteiger partial charge in [-0.25, -0.2) is 0 Å². The molecule has 2 aliphatic rings. The molecule has 2 fully saturated rings. The summed E-state index contributed by atoms with van der Waals surface area (Å²) in [5.74, 6) is 2.44. The van der Waals surface area contributed by atoms with E-state index in [-0.39, 0.29) is 0 Å². The molecular weight excluding hydrogens is 252 g/mol. The molecule has 2 saturated heterocycles. The summed E-state index contributed by atoms with van der Waals surface area (Å²) < 4.78 is 5.27. The standard InChI is InChI=1S/C15H26N4O/c1-2-5-15-17-14(18-20-15)11-19-9-4-6-12(10-19)13-7-3-8-16-13/h12-13,16H,2-11H2,1H3. The van der Waals surface area contributed by atoms with Crippen molar-refractivity contribution >= 4 is 0 Å². The van der Waals surface area contributed by atoms with Crippen LogP contribution in [0.15, 0.2) is 4.52 Å². The van der Waals surface area contributed by atoms with Crippen LogP contribution in [0, 0.1) is 5.92 Å². The summed E-state index contributed by atoms with van der Waals surface area (Å²) in [5, 5.41) is 7.76. The minimum absolute atomic E-state index is 0.735. The largest absolute Gasteiger partial charge is 0.339 e. The van der Waals surface area contributed by atoms with E-state index < -0.39 is 0 Å². The molecule has 1 aromatic heterocycles. The first-order valence-electron chi connectivity index (χ1n) is 8.12. The lowest BCUT2D eigenvalue weighted by atomic mass is 9.90. The molecule has 0 amide bonds. The number of hydrogen-bond acceptors (Lipinski definition) is 5. The highest BCUT2D eigenvalue weighted by Crippen LogP contribution is 2.25. The molecule has 1 N–H and O–H groups in total. The molecule has 0 aliphatic carbocycles. The SMILES string of the molecule is CCCc1nc(CN2CCCC(C3CCCN3)C2)no1. The number of nitrogens with one attached hydrogen (secondary N) is 1. The van der Waals surface area contributed by atoms with E-state index >= 15 is 0 Å². The molecule has 3 rings (SSSR count). The van der Waals surface area contributed by atoms with Gasteiger partial charge in [-0.15, -0.1) is 0 Å². The highest BCUT2D eigenvalue weighted by atomic mass is 16.5. The van der Waals surface area contributed by atoms with Gasteiger partial charge in [-0.1, -0.05) is 12.1 Å². The van der Waals surface area contributed by atoms with Gasteiger partial charge in [-0.2, -0.15) is 4.98 Å². The Morgan fingerprint density at radius 1 is 1.35 bits per heavy atom. The Kier molecular flexibility index (Phi) is 4.68. The van der Waals surface area contributed by atoms with Crippen molar-refractivity contribution in [2.24, 2.45) is 5.92 Å². The molecule has 0 radical (unpaired) electrons. The summed E-state index contributed by atoms with van der Waals surface area (Å²) in [5.41, 5.74) is 0. The number of aryl methyl sites for hydroxylation is 1. The molecule has 2 unspecified atom stereocenters. The molecule has 2 atom stereocenters. The van der Waals surface area contributed by atoms with Crippen LogP contribution in [-0.2, 0) is 13.0 Å². The van der Waals surface area contributed by atoms with Crippen molar-refractivity contribution in [1.82, 2.24) is 20.4 Å². The van der Waals surface area contributed by atoms with Crippen molar-refractivity contribution in [2.45, 2.75) is 58.0 Å². The number of piperidine rings is 1. The number of likely N-dealkylation sites (tertiary alicyclic amines) is 1. The van der Waals surface area contributed by atoms with Crippen LogP contribution in [-0.4, -0.2) is 40.7 Å². The van der Waals surface area contributed by atoms with Gasteiger partial charge in [0.2, 0.25) is 5.89 Å². The first kappa shape index (κ1) is 14.0. The predicted octanol–water partition coefficient (Wildman–Crippen LogP) is 1.99. The van der Waals surface area contributed by atoms with Crippen LogP contribution in [0.1, 0.15) is 50.7 Å². The minimum Gasteiger partial charge on any atom is -0.339 e. The molecule has 0 spiro atoms. The lowest BCUT2D eigenvalue weighted by Crippen LogP contribution is -2.43. The Balaban J connectivity index is 1.53. The minimum atomic E-state index is 0.735. The maximum atomic E-state index is 5.27. The van der Waals surface area contributed by atoms with E-state index in [1.54, 1.807) is 0 Å². The maximum absolute atomic E-state index is 5.27. The van der Waals surface area contributed by atoms with Crippen molar-refractivity contribution in [3.05, 3.63) is 11.7 Å². The molecule has 1 aromatic rings. The fraction of sp³-hybridized carbons (Fsp3) is 0.867. The lowest BCUT2D eigenvalue weighted by Gasteiger charge is -2.35. The quantitative estimate of drug-likeness (QED) is 0.892. The van der Waals surface area contributed by atoms with Crippen LogP contribution < -0.4 is 5.32 Å². The van der Waals surface area contributed by atoms with Gasteiger partial charge in [-0.05, 0) is 51.1 Å². The van der Waals surface area contributed by atoms with Crippen LogP contribution in [0.2, 0.25) is 0 Å². The zero-order valence-corrected chi connectivity index (χ0v) is 12.5. The van der Waals surface area contributed by atoms with Crippen LogP contribution >= 0.6 is 0 Å². The molecule has 5 nitrogen and oxygen atoms in total. The van der Waals surface area contributed by atoms with Crippen LogP contribution in [0.5, 0.6) is 0 Å². The van der Waals surface area contributed by atoms with Crippen LogP contribution in [0.4, 0.5) is 0 Å². The molecule has 0 aromatic carbocycles. The highest BCUT2D eigenvalue weighted by molar-refractivity contribution is 4.90. The third kappa shape index (κ3) is 3.38. The second-order valence-electron chi connectivity index (χ2n) is 6.19. The Morgan fingerprint density at radius 2 is 2.30 bits per heavy atom. The zero-order valence-electron chi connectivity index (χ0n) is 12.5. The topological polar surface area (TPSA) is 54.2 Å². The molecule has 0 bridgehead atoms. The zero-order chi connectivity index (χ0) is 13.8. The fourth-order valence-electron chi connectivity index (χ4n) is 3.55. The Hall–Kier alpha value is -0.940. The second kappa shape index (κ2) is 6.68. The van der Waals surface area contributed by atoms with Crippen molar-refractivity contribution in [1.29, 1.82) is 0 Å². The first-order chi connectivity index (χ1) is 9.85. The molecule has 2 aliphatic heterocycles. The van der Waals surface area contributed by atoms with Gasteiger partial charge in [-0.3, -0.25) is 4.90 Å². The third-order valence-electron chi connectivity index (χ3n) is 4.55. The van der Waals surface area contributed by atoms with Crippen LogP contribution in [0.25, 0.3) is 0 Å². The van der Waals surface area contributed by atoms with Crippen molar-refractivity contribution < 1.29 is 4.52 Å². The normalized spacial score (nSPS) is 28.1. The van der Waals surface area contributed by atoms with E-state index in [1.807, 2.05) is 0 Å². The average Bonchev–Trinajstić information content (AvgIpc) is 3.11. The van der Waals surface area contributed by atoms with E-state index in [2.05, 4.69) is 27.3 Å². The van der Waals surface area contributed by atoms with E-state index in [0.29, 0.717) is 0 Å². The van der Waals surface area contributed by atoms with Gasteiger partial charge < -0.3 is 9.84 Å². The smallest absolute Gasteiger partial charge is 0.226 e. The van der Waals surface area contributed by atoms with E-state index in [0.717, 1.165) is 43.1 Å². The Bertz CT molecular complexity index is 414. The summed E-state index contributed by atoms with van der Waals surface area (Å²) in [6.45, 7) is 6.52. The van der Waals surface area contributed by atoms with E-state index in [9.17, 15) is 0 Å². The van der Waals surface area contributed by atoms with Crippen molar-refractivity contribution in [3.8, 4) is 0 Å². The summed E-state index contributed by atoms with van der Waals surface area (Å²) >= 11 is 0. The molecule has 20 heavy (non-hydrogen) atoms. The maximum Gasteiger partial charge on any atom is 0.226 e.